The molecule has 1 rings (SSSR count). The number of hydrogen-bond acceptors (Lipinski definition) is 4. The van der Waals surface area contributed by atoms with E-state index in [0.29, 0.717) is 17.2 Å². The van der Waals surface area contributed by atoms with Crippen molar-refractivity contribution < 1.29 is 14.3 Å². The van der Waals surface area contributed by atoms with Crippen LogP contribution in [0.1, 0.15) is 78.2 Å². The van der Waals surface area contributed by atoms with Gasteiger partial charge in [0.05, 0.1) is 5.56 Å². The van der Waals surface area contributed by atoms with E-state index in [1.54, 1.807) is 13.8 Å². The molecular formula is C26H38O4. The van der Waals surface area contributed by atoms with E-state index in [1.807, 2.05) is 46.8 Å². The van der Waals surface area contributed by atoms with Crippen LogP contribution in [0.3, 0.4) is 0 Å². The Morgan fingerprint density at radius 1 is 1.07 bits per heavy atom. The molecule has 1 aromatic rings. The second kappa shape index (κ2) is 11.1. The fraction of sp³-hybridized carbons (Fsp3) is 0.538. The number of carbonyl (C=O) groups is 1. The van der Waals surface area contributed by atoms with Crippen molar-refractivity contribution in [1.29, 1.82) is 0 Å². The highest BCUT2D eigenvalue weighted by Gasteiger charge is 2.17. The smallest absolute Gasteiger partial charge is 0.342 e. The Bertz CT molecular complexity index is 912. The molecule has 0 saturated heterocycles. The summed E-state index contributed by atoms with van der Waals surface area (Å²) in [5, 5.41) is 10.1. The quantitative estimate of drug-likeness (QED) is 0.368. The topological polar surface area (TPSA) is 67.5 Å². The van der Waals surface area contributed by atoms with E-state index in [4.69, 9.17) is 4.42 Å². The predicted molar refractivity (Wildman–Crippen MR) is 125 cm³/mol. The van der Waals surface area contributed by atoms with Crippen LogP contribution in [0.15, 0.2) is 38.6 Å². The van der Waals surface area contributed by atoms with Crippen LogP contribution >= 0.6 is 0 Å². The number of Topliss-reactive ketones (excluding diaryl/α,β-unsaturated/α-hetero) is 1. The molecule has 0 aliphatic carbocycles. The van der Waals surface area contributed by atoms with Crippen molar-refractivity contribution in [3.63, 3.8) is 0 Å². The van der Waals surface area contributed by atoms with E-state index in [-0.39, 0.29) is 28.9 Å². The molecule has 1 aromatic heterocycles. The minimum Gasteiger partial charge on any atom is -0.507 e. The summed E-state index contributed by atoms with van der Waals surface area (Å²) in [6, 6.07) is 0. The zero-order chi connectivity index (χ0) is 23.2. The van der Waals surface area contributed by atoms with Crippen molar-refractivity contribution in [3.05, 3.63) is 56.7 Å². The van der Waals surface area contributed by atoms with Crippen molar-refractivity contribution in [2.75, 3.05) is 0 Å². The Kier molecular flexibility index (Phi) is 9.54. The lowest BCUT2D eigenvalue weighted by molar-refractivity contribution is -0.119. The monoisotopic (exact) mass is 414 g/mol. The first-order valence-corrected chi connectivity index (χ1v) is 10.8. The zero-order valence-corrected chi connectivity index (χ0v) is 20.1. The molecule has 1 heterocycles. The molecule has 0 aromatic carbocycles. The number of allylic oxidation sites excluding steroid dienone is 6. The van der Waals surface area contributed by atoms with Crippen LogP contribution in [-0.4, -0.2) is 10.9 Å². The first-order valence-electron chi connectivity index (χ1n) is 10.8. The highest BCUT2D eigenvalue weighted by atomic mass is 16.4. The molecule has 0 fully saturated rings. The van der Waals surface area contributed by atoms with Gasteiger partial charge in [-0.2, -0.15) is 0 Å². The van der Waals surface area contributed by atoms with Gasteiger partial charge in [0, 0.05) is 11.5 Å². The van der Waals surface area contributed by atoms with E-state index in [9.17, 15) is 14.7 Å². The Labute approximate surface area is 181 Å². The van der Waals surface area contributed by atoms with Gasteiger partial charge >= 0.3 is 5.63 Å². The molecule has 0 unspecified atom stereocenters. The van der Waals surface area contributed by atoms with Crippen molar-refractivity contribution in [3.8, 4) is 5.75 Å². The summed E-state index contributed by atoms with van der Waals surface area (Å²) in [5.74, 6) is 1.27. The Morgan fingerprint density at radius 2 is 1.67 bits per heavy atom. The number of ketones is 1. The summed E-state index contributed by atoms with van der Waals surface area (Å²) >= 11 is 0. The van der Waals surface area contributed by atoms with Crippen LogP contribution in [0.25, 0.3) is 5.57 Å². The first-order chi connectivity index (χ1) is 13.9. The SMILES string of the molecule is CC[C@H](C)C[C@H](C)C(=O)/C(C)=C/[C@@H](C)/C=C(C)/C=C(\C)c1oc(=O)c(C)c(O)c1C. The number of carbonyl (C=O) groups excluding carboxylic acids is 1. The lowest BCUT2D eigenvalue weighted by atomic mass is 9.88. The molecule has 1 N–H and O–H groups in total. The van der Waals surface area contributed by atoms with Gasteiger partial charge in [0.1, 0.15) is 11.5 Å². The predicted octanol–water partition coefficient (Wildman–Crippen LogP) is 6.54. The molecule has 0 radical (unpaired) electrons. The van der Waals surface area contributed by atoms with Crippen molar-refractivity contribution in [1.82, 2.24) is 0 Å². The fourth-order valence-corrected chi connectivity index (χ4v) is 3.77. The lowest BCUT2D eigenvalue weighted by Crippen LogP contribution is -2.15. The largest absolute Gasteiger partial charge is 0.507 e. The summed E-state index contributed by atoms with van der Waals surface area (Å²) in [6.45, 7) is 17.4. The van der Waals surface area contributed by atoms with Gasteiger partial charge < -0.3 is 9.52 Å². The van der Waals surface area contributed by atoms with Crippen molar-refractivity contribution >= 4 is 11.4 Å². The maximum absolute atomic E-state index is 12.6. The molecule has 30 heavy (non-hydrogen) atoms. The van der Waals surface area contributed by atoms with E-state index < -0.39 is 5.63 Å². The zero-order valence-electron chi connectivity index (χ0n) is 20.1. The standard InChI is InChI=1S/C26H38O4/c1-10-15(2)12-18(5)23(27)19(6)13-16(3)11-17(4)14-20(7)25-21(8)24(28)22(9)26(29)30-25/h11,13-16,18,28H,10,12H2,1-9H3/b17-11+,19-13+,20-14+/t15-,16-,18-/m0/s1. The van der Waals surface area contributed by atoms with Gasteiger partial charge in [0.2, 0.25) is 0 Å². The normalized spacial score (nSPS) is 16.4. The van der Waals surface area contributed by atoms with Crippen LogP contribution < -0.4 is 5.63 Å². The first kappa shape index (κ1) is 25.7. The highest BCUT2D eigenvalue weighted by molar-refractivity contribution is 5.96. The Hall–Kier alpha value is -2.36. The maximum atomic E-state index is 12.6. The van der Waals surface area contributed by atoms with E-state index in [2.05, 4.69) is 19.9 Å². The van der Waals surface area contributed by atoms with Gasteiger partial charge in [-0.05, 0) is 64.0 Å². The van der Waals surface area contributed by atoms with Gasteiger partial charge in [-0.25, -0.2) is 4.79 Å². The maximum Gasteiger partial charge on any atom is 0.342 e. The summed E-state index contributed by atoms with van der Waals surface area (Å²) in [6.07, 6.45) is 8.00. The van der Waals surface area contributed by atoms with Gasteiger partial charge in [0.25, 0.3) is 0 Å². The van der Waals surface area contributed by atoms with Gasteiger partial charge in [-0.1, -0.05) is 57.9 Å². The fourth-order valence-electron chi connectivity index (χ4n) is 3.77. The number of aromatic hydroxyl groups is 1. The molecule has 0 bridgehead atoms. The van der Waals surface area contributed by atoms with Gasteiger partial charge in [-0.3, -0.25) is 4.79 Å². The van der Waals surface area contributed by atoms with Crippen LogP contribution in [0, 0.1) is 31.6 Å². The molecule has 0 aliphatic heterocycles. The second-order valence-electron chi connectivity index (χ2n) is 8.78. The number of hydrogen-bond donors (Lipinski definition) is 1. The molecule has 0 spiro atoms. The average Bonchev–Trinajstić information content (AvgIpc) is 2.67. The number of rotatable bonds is 9. The minimum absolute atomic E-state index is 0.0208. The molecule has 4 nitrogen and oxygen atoms in total. The van der Waals surface area contributed by atoms with E-state index >= 15 is 0 Å². The summed E-state index contributed by atoms with van der Waals surface area (Å²) in [5.41, 5.74) is 2.80. The second-order valence-corrected chi connectivity index (χ2v) is 8.78. The van der Waals surface area contributed by atoms with Gasteiger partial charge in [-0.15, -0.1) is 0 Å². The molecular weight excluding hydrogens is 376 g/mol. The average molecular weight is 415 g/mol. The van der Waals surface area contributed by atoms with Gasteiger partial charge in [0.15, 0.2) is 5.78 Å². The third-order valence-electron chi connectivity index (χ3n) is 5.68. The van der Waals surface area contributed by atoms with Crippen LogP contribution in [-0.2, 0) is 4.79 Å². The Balaban J connectivity index is 3.02. The van der Waals surface area contributed by atoms with Crippen LogP contribution in [0.2, 0.25) is 0 Å². The van der Waals surface area contributed by atoms with E-state index in [0.717, 1.165) is 29.6 Å². The van der Waals surface area contributed by atoms with Crippen LogP contribution in [0.5, 0.6) is 5.75 Å². The summed E-state index contributed by atoms with van der Waals surface area (Å²) in [4.78, 5) is 24.5. The Morgan fingerprint density at radius 3 is 2.23 bits per heavy atom. The molecule has 3 atom stereocenters. The van der Waals surface area contributed by atoms with E-state index in [1.165, 1.54) is 0 Å². The molecule has 4 heteroatoms. The molecule has 166 valence electrons. The molecule has 0 aliphatic rings. The third-order valence-corrected chi connectivity index (χ3v) is 5.68. The summed E-state index contributed by atoms with van der Waals surface area (Å²) < 4.78 is 5.38. The molecule has 0 saturated carbocycles. The molecule has 0 amide bonds. The van der Waals surface area contributed by atoms with Crippen molar-refractivity contribution in [2.24, 2.45) is 17.8 Å². The van der Waals surface area contributed by atoms with Crippen LogP contribution in [0.4, 0.5) is 0 Å². The highest BCUT2D eigenvalue weighted by Crippen LogP contribution is 2.27. The lowest BCUT2D eigenvalue weighted by Gasteiger charge is -2.15. The van der Waals surface area contributed by atoms with Crippen molar-refractivity contribution in [2.45, 2.75) is 75.2 Å². The minimum atomic E-state index is -0.528. The third kappa shape index (κ3) is 6.86. The summed E-state index contributed by atoms with van der Waals surface area (Å²) in [7, 11) is 0.